The van der Waals surface area contributed by atoms with Crippen molar-refractivity contribution in [1.29, 1.82) is 0 Å². The lowest BCUT2D eigenvalue weighted by atomic mass is 10.1. The summed E-state index contributed by atoms with van der Waals surface area (Å²) >= 11 is 0. The monoisotopic (exact) mass is 362 g/mol. The van der Waals surface area contributed by atoms with E-state index in [9.17, 15) is 9.90 Å². The van der Waals surface area contributed by atoms with Gasteiger partial charge in [0.05, 0.1) is 14.7 Å². The van der Waals surface area contributed by atoms with E-state index < -0.39 is 8.07 Å². The van der Waals surface area contributed by atoms with Crippen LogP contribution in [0.3, 0.4) is 0 Å². The highest BCUT2D eigenvalue weighted by molar-refractivity contribution is 6.90. The average Bonchev–Trinajstić information content (AvgIpc) is 2.48. The van der Waals surface area contributed by atoms with Crippen molar-refractivity contribution >= 4 is 19.2 Å². The maximum atomic E-state index is 11.5. The van der Waals surface area contributed by atoms with Crippen LogP contribution in [0.5, 0.6) is 0 Å². The molecule has 0 aliphatic rings. The predicted octanol–water partition coefficient (Wildman–Crippen LogP) is 4.04. The summed E-state index contributed by atoms with van der Waals surface area (Å²) in [5.41, 5.74) is 4.53. The van der Waals surface area contributed by atoms with Crippen molar-refractivity contribution in [3.05, 3.63) is 41.0 Å². The van der Waals surface area contributed by atoms with E-state index in [-0.39, 0.29) is 25.1 Å². The molecule has 0 bridgehead atoms. The Hall–Kier alpha value is -1.39. The lowest BCUT2D eigenvalue weighted by Gasteiger charge is -2.28. The van der Waals surface area contributed by atoms with Crippen molar-refractivity contribution in [1.82, 2.24) is 0 Å². The molecule has 1 unspecified atom stereocenters. The van der Waals surface area contributed by atoms with Crippen LogP contribution in [0.4, 0.5) is 0 Å². The molecule has 1 aromatic rings. The molecule has 0 aliphatic heterocycles. The topological polar surface area (TPSA) is 46.5 Å². The molecule has 0 spiro atoms. The first-order valence-electron chi connectivity index (χ1n) is 9.10. The first kappa shape index (κ1) is 21.6. The molecule has 0 saturated carbocycles. The largest absolute Gasteiger partial charge is 0.462 e. The third-order valence-corrected chi connectivity index (χ3v) is 8.57. The molecule has 0 heterocycles. The van der Waals surface area contributed by atoms with E-state index in [0.29, 0.717) is 5.57 Å². The van der Waals surface area contributed by atoms with Gasteiger partial charge in [-0.1, -0.05) is 66.1 Å². The van der Waals surface area contributed by atoms with Gasteiger partial charge in [-0.3, -0.25) is 0 Å². The van der Waals surface area contributed by atoms with Gasteiger partial charge in [0.2, 0.25) is 0 Å². The zero-order valence-electron chi connectivity index (χ0n) is 16.7. The van der Waals surface area contributed by atoms with E-state index in [0.717, 1.165) is 12.8 Å². The molecule has 1 atom stereocenters. The number of hydrogen-bond donors (Lipinski definition) is 1. The van der Waals surface area contributed by atoms with Crippen molar-refractivity contribution in [3.63, 3.8) is 0 Å². The highest BCUT2D eigenvalue weighted by atomic mass is 28.3. The molecule has 0 amide bonds. The molecule has 1 N–H and O–H groups in total. The normalized spacial score (nSPS) is 12.8. The molecule has 4 heteroatoms. The standard InChI is InChI=1S/C21H34O3Si/c1-15(2)21(23)24-14-19(13-22)9-8-10-25(6,7)20-17(4)11-16(3)12-18(20)5/h11-12,19,22H,1,8-10,13-14H2,2-7H3. The van der Waals surface area contributed by atoms with E-state index in [1.165, 1.54) is 22.7 Å². The number of carbonyl (C=O) groups excluding carboxylic acids is 1. The lowest BCUT2D eigenvalue weighted by Crippen LogP contribution is -2.44. The van der Waals surface area contributed by atoms with Crippen LogP contribution in [-0.4, -0.2) is 32.4 Å². The Bertz CT molecular complexity index is 597. The molecule has 3 nitrogen and oxygen atoms in total. The molecular weight excluding hydrogens is 328 g/mol. The summed E-state index contributed by atoms with van der Waals surface area (Å²) < 4.78 is 5.19. The van der Waals surface area contributed by atoms with Crippen molar-refractivity contribution in [2.45, 2.75) is 59.7 Å². The third kappa shape index (κ3) is 6.44. The molecule has 0 radical (unpaired) electrons. The number of carbonyl (C=O) groups is 1. The SMILES string of the molecule is C=C(C)C(=O)OCC(CO)CCC[Si](C)(C)c1c(C)cc(C)cc1C. The Kier molecular flexibility index (Phi) is 8.09. The molecule has 25 heavy (non-hydrogen) atoms. The van der Waals surface area contributed by atoms with Crippen molar-refractivity contribution < 1.29 is 14.6 Å². The predicted molar refractivity (Wildman–Crippen MR) is 108 cm³/mol. The van der Waals surface area contributed by atoms with Crippen LogP contribution in [0.25, 0.3) is 0 Å². The summed E-state index contributed by atoms with van der Waals surface area (Å²) in [7, 11) is -1.54. The number of hydrogen-bond acceptors (Lipinski definition) is 3. The number of aliphatic hydroxyl groups excluding tert-OH is 1. The van der Waals surface area contributed by atoms with Gasteiger partial charge in [-0.2, -0.15) is 0 Å². The fourth-order valence-electron chi connectivity index (χ4n) is 3.75. The number of aliphatic hydroxyl groups is 1. The van der Waals surface area contributed by atoms with Crippen LogP contribution in [0.2, 0.25) is 19.1 Å². The quantitative estimate of drug-likeness (QED) is 0.410. The summed E-state index contributed by atoms with van der Waals surface area (Å²) in [6.07, 6.45) is 1.92. The van der Waals surface area contributed by atoms with Crippen molar-refractivity contribution in [2.75, 3.05) is 13.2 Å². The van der Waals surface area contributed by atoms with Gasteiger partial charge in [0.25, 0.3) is 0 Å². The van der Waals surface area contributed by atoms with Crippen LogP contribution < -0.4 is 5.19 Å². The second kappa shape index (κ2) is 9.34. The van der Waals surface area contributed by atoms with Gasteiger partial charge >= 0.3 is 5.97 Å². The van der Waals surface area contributed by atoms with Crippen LogP contribution in [0, 0.1) is 26.7 Å². The first-order valence-corrected chi connectivity index (χ1v) is 12.3. The fourth-order valence-corrected chi connectivity index (χ4v) is 7.37. The van der Waals surface area contributed by atoms with Gasteiger partial charge in [0, 0.05) is 18.1 Å². The maximum absolute atomic E-state index is 11.5. The molecular formula is C21H34O3Si. The van der Waals surface area contributed by atoms with Crippen LogP contribution in [-0.2, 0) is 9.53 Å². The minimum Gasteiger partial charge on any atom is -0.462 e. The zero-order valence-corrected chi connectivity index (χ0v) is 17.7. The Labute approximate surface area is 154 Å². The molecule has 1 aromatic carbocycles. The van der Waals surface area contributed by atoms with E-state index >= 15 is 0 Å². The van der Waals surface area contributed by atoms with E-state index in [4.69, 9.17) is 4.74 Å². The Morgan fingerprint density at radius 3 is 2.28 bits per heavy atom. The molecule has 0 aromatic heterocycles. The highest BCUT2D eigenvalue weighted by Gasteiger charge is 2.27. The summed E-state index contributed by atoms with van der Waals surface area (Å²) in [6.45, 7) is 17.0. The average molecular weight is 363 g/mol. The second-order valence-corrected chi connectivity index (χ2v) is 12.7. The van der Waals surface area contributed by atoms with E-state index in [1.807, 2.05) is 0 Å². The maximum Gasteiger partial charge on any atom is 0.333 e. The minimum atomic E-state index is -1.54. The smallest absolute Gasteiger partial charge is 0.333 e. The summed E-state index contributed by atoms with van der Waals surface area (Å²) in [6, 6.07) is 5.73. The van der Waals surface area contributed by atoms with Crippen LogP contribution >= 0.6 is 0 Å². The van der Waals surface area contributed by atoms with Gasteiger partial charge in [-0.05, 0) is 34.1 Å². The van der Waals surface area contributed by atoms with Crippen LogP contribution in [0.1, 0.15) is 36.5 Å². The van der Waals surface area contributed by atoms with Gasteiger partial charge in [-0.25, -0.2) is 4.79 Å². The number of benzene rings is 1. The molecule has 0 aliphatic carbocycles. The third-order valence-electron chi connectivity index (χ3n) is 4.82. The number of rotatable bonds is 9. The van der Waals surface area contributed by atoms with Crippen molar-refractivity contribution in [3.8, 4) is 0 Å². The highest BCUT2D eigenvalue weighted by Crippen LogP contribution is 2.21. The molecule has 0 fully saturated rings. The molecule has 0 saturated heterocycles. The molecule has 140 valence electrons. The van der Waals surface area contributed by atoms with Gasteiger partial charge < -0.3 is 9.84 Å². The summed E-state index contributed by atoms with van der Waals surface area (Å²) in [5, 5.41) is 11.1. The fraction of sp³-hybridized carbons (Fsp3) is 0.571. The lowest BCUT2D eigenvalue weighted by molar-refractivity contribution is -0.140. The number of aryl methyl sites for hydroxylation is 3. The van der Waals surface area contributed by atoms with Gasteiger partial charge in [0.1, 0.15) is 0 Å². The summed E-state index contributed by atoms with van der Waals surface area (Å²) in [5.74, 6) is -0.368. The van der Waals surface area contributed by atoms with Gasteiger partial charge in [-0.15, -0.1) is 0 Å². The Balaban J connectivity index is 2.64. The van der Waals surface area contributed by atoms with Crippen molar-refractivity contribution in [2.24, 2.45) is 5.92 Å². The molecule has 1 rings (SSSR count). The van der Waals surface area contributed by atoms with Crippen LogP contribution in [0.15, 0.2) is 24.3 Å². The summed E-state index contributed by atoms with van der Waals surface area (Å²) in [4.78, 5) is 11.5. The number of esters is 1. The number of ether oxygens (including phenoxy) is 1. The zero-order chi connectivity index (χ0) is 19.2. The van der Waals surface area contributed by atoms with Gasteiger partial charge in [0.15, 0.2) is 0 Å². The minimum absolute atomic E-state index is 0.00770. The first-order chi connectivity index (χ1) is 11.6. The second-order valence-electron chi connectivity index (χ2n) is 7.98. The Morgan fingerprint density at radius 1 is 1.24 bits per heavy atom. The van der Waals surface area contributed by atoms with E-state index in [1.54, 1.807) is 12.1 Å². The Morgan fingerprint density at radius 2 is 1.80 bits per heavy atom. The van der Waals surface area contributed by atoms with E-state index in [2.05, 4.69) is 52.6 Å².